The highest BCUT2D eigenvalue weighted by atomic mass is 79.9. The molecule has 0 radical (unpaired) electrons. The van der Waals surface area contributed by atoms with Gasteiger partial charge in [0, 0.05) is 15.6 Å². The highest BCUT2D eigenvalue weighted by molar-refractivity contribution is 9.10. The molecule has 0 spiro atoms. The highest BCUT2D eigenvalue weighted by Crippen LogP contribution is 2.27. The molecule has 0 saturated carbocycles. The summed E-state index contributed by atoms with van der Waals surface area (Å²) in [6.45, 7) is 0. The SMILES string of the molecule is N#CC(C(=O)c1ccc(Br)cc1)c1cccc(Cl)c1F. The van der Waals surface area contributed by atoms with Crippen LogP contribution in [0.4, 0.5) is 4.39 Å². The first-order chi connectivity index (χ1) is 9.54. The number of nitriles is 1. The van der Waals surface area contributed by atoms with Crippen LogP contribution in [0.15, 0.2) is 46.9 Å². The minimum atomic E-state index is -1.21. The van der Waals surface area contributed by atoms with Crippen LogP contribution < -0.4 is 0 Å². The molecule has 0 amide bonds. The number of hydrogen-bond donors (Lipinski definition) is 0. The minimum Gasteiger partial charge on any atom is -0.292 e. The molecule has 2 nitrogen and oxygen atoms in total. The summed E-state index contributed by atoms with van der Waals surface area (Å²) in [7, 11) is 0. The summed E-state index contributed by atoms with van der Waals surface area (Å²) in [5, 5.41) is 9.09. The molecule has 2 aromatic rings. The van der Waals surface area contributed by atoms with E-state index in [1.54, 1.807) is 24.3 Å². The van der Waals surface area contributed by atoms with E-state index in [2.05, 4.69) is 15.9 Å². The van der Waals surface area contributed by atoms with Crippen LogP contribution in [0.3, 0.4) is 0 Å². The van der Waals surface area contributed by atoms with Crippen LogP contribution in [0.25, 0.3) is 0 Å². The normalized spacial score (nSPS) is 11.7. The lowest BCUT2D eigenvalue weighted by atomic mass is 9.91. The second kappa shape index (κ2) is 6.17. The Labute approximate surface area is 128 Å². The van der Waals surface area contributed by atoms with E-state index < -0.39 is 17.5 Å². The molecule has 1 unspecified atom stereocenters. The fourth-order valence-corrected chi connectivity index (χ4v) is 2.24. The van der Waals surface area contributed by atoms with Gasteiger partial charge in [-0.3, -0.25) is 4.79 Å². The Kier molecular flexibility index (Phi) is 4.53. The van der Waals surface area contributed by atoms with Crippen molar-refractivity contribution in [2.24, 2.45) is 0 Å². The molecular weight excluding hydrogens is 345 g/mol. The third kappa shape index (κ3) is 2.90. The van der Waals surface area contributed by atoms with Gasteiger partial charge in [0.15, 0.2) is 5.78 Å². The van der Waals surface area contributed by atoms with Gasteiger partial charge < -0.3 is 0 Å². The maximum atomic E-state index is 13.9. The molecule has 0 aromatic heterocycles. The summed E-state index contributed by atoms with van der Waals surface area (Å²) in [6, 6.07) is 12.7. The van der Waals surface area contributed by atoms with Gasteiger partial charge in [0.1, 0.15) is 11.7 Å². The molecule has 2 aromatic carbocycles. The molecule has 0 saturated heterocycles. The molecule has 20 heavy (non-hydrogen) atoms. The molecule has 2 rings (SSSR count). The first-order valence-corrected chi connectivity index (χ1v) is 6.85. The number of Topliss-reactive ketones (excluding diaryl/α,β-unsaturated/α-hetero) is 1. The zero-order valence-electron chi connectivity index (χ0n) is 10.1. The van der Waals surface area contributed by atoms with Crippen molar-refractivity contribution in [2.75, 3.05) is 0 Å². The van der Waals surface area contributed by atoms with E-state index in [4.69, 9.17) is 11.6 Å². The maximum absolute atomic E-state index is 13.9. The molecule has 0 aliphatic carbocycles. The van der Waals surface area contributed by atoms with E-state index in [9.17, 15) is 14.4 Å². The van der Waals surface area contributed by atoms with Gasteiger partial charge in [-0.05, 0) is 18.2 Å². The number of carbonyl (C=O) groups excluding carboxylic acids is 1. The summed E-state index contributed by atoms with van der Waals surface area (Å²) >= 11 is 8.95. The minimum absolute atomic E-state index is 0.00656. The second-order valence-corrected chi connectivity index (χ2v) is 5.40. The first kappa shape index (κ1) is 14.7. The number of ketones is 1. The third-order valence-electron chi connectivity index (χ3n) is 2.81. The molecule has 0 bridgehead atoms. The van der Waals surface area contributed by atoms with Gasteiger partial charge in [-0.1, -0.05) is 51.8 Å². The van der Waals surface area contributed by atoms with Crippen LogP contribution in [0, 0.1) is 17.1 Å². The van der Waals surface area contributed by atoms with Crippen molar-refractivity contribution in [2.45, 2.75) is 5.92 Å². The Morgan fingerprint density at radius 1 is 1.25 bits per heavy atom. The highest BCUT2D eigenvalue weighted by Gasteiger charge is 2.25. The van der Waals surface area contributed by atoms with Gasteiger partial charge in [-0.25, -0.2) is 4.39 Å². The number of carbonyl (C=O) groups is 1. The van der Waals surface area contributed by atoms with Crippen LogP contribution in [0.2, 0.25) is 5.02 Å². The fraction of sp³-hybridized carbons (Fsp3) is 0.0667. The largest absolute Gasteiger partial charge is 0.292 e. The first-order valence-electron chi connectivity index (χ1n) is 5.68. The van der Waals surface area contributed by atoms with Gasteiger partial charge in [-0.15, -0.1) is 0 Å². The van der Waals surface area contributed by atoms with Gasteiger partial charge in [0.05, 0.1) is 11.1 Å². The lowest BCUT2D eigenvalue weighted by molar-refractivity contribution is 0.0977. The van der Waals surface area contributed by atoms with Crippen molar-refractivity contribution in [3.63, 3.8) is 0 Å². The van der Waals surface area contributed by atoms with Crippen LogP contribution in [-0.2, 0) is 0 Å². The average Bonchev–Trinajstić information content (AvgIpc) is 2.45. The van der Waals surface area contributed by atoms with Gasteiger partial charge in [0.25, 0.3) is 0 Å². The lowest BCUT2D eigenvalue weighted by Crippen LogP contribution is -2.13. The Morgan fingerprint density at radius 3 is 2.50 bits per heavy atom. The molecule has 5 heteroatoms. The van der Waals surface area contributed by atoms with Crippen molar-refractivity contribution in [3.8, 4) is 6.07 Å². The quantitative estimate of drug-likeness (QED) is 0.749. The van der Waals surface area contributed by atoms with Gasteiger partial charge >= 0.3 is 0 Å². The van der Waals surface area contributed by atoms with Crippen LogP contribution >= 0.6 is 27.5 Å². The van der Waals surface area contributed by atoms with E-state index >= 15 is 0 Å². The standard InChI is InChI=1S/C15H8BrClFNO/c16-10-6-4-9(5-7-10)15(20)12(8-19)11-2-1-3-13(17)14(11)18/h1-7,12H. The molecule has 0 heterocycles. The summed E-state index contributed by atoms with van der Waals surface area (Å²) < 4.78 is 14.8. The van der Waals surface area contributed by atoms with Crippen molar-refractivity contribution in [3.05, 3.63) is 68.9 Å². The monoisotopic (exact) mass is 351 g/mol. The summed E-state index contributed by atoms with van der Waals surface area (Å²) in [5.41, 5.74) is 0.340. The summed E-state index contributed by atoms with van der Waals surface area (Å²) in [5.74, 6) is -2.40. The molecular formula is C15H8BrClFNO. The summed E-state index contributed by atoms with van der Waals surface area (Å²) in [6.07, 6.45) is 0. The molecule has 0 N–H and O–H groups in total. The van der Waals surface area contributed by atoms with Crippen LogP contribution in [0.5, 0.6) is 0 Å². The van der Waals surface area contributed by atoms with Crippen molar-refractivity contribution in [1.29, 1.82) is 5.26 Å². The van der Waals surface area contributed by atoms with E-state index in [0.717, 1.165) is 4.47 Å². The fourth-order valence-electron chi connectivity index (χ4n) is 1.79. The van der Waals surface area contributed by atoms with Crippen molar-refractivity contribution in [1.82, 2.24) is 0 Å². The second-order valence-electron chi connectivity index (χ2n) is 4.08. The number of nitrogens with zero attached hydrogens (tertiary/aromatic N) is 1. The Morgan fingerprint density at radius 2 is 1.90 bits per heavy atom. The van der Waals surface area contributed by atoms with Gasteiger partial charge in [-0.2, -0.15) is 5.26 Å². The molecule has 100 valence electrons. The predicted molar refractivity (Wildman–Crippen MR) is 78.2 cm³/mol. The number of hydrogen-bond acceptors (Lipinski definition) is 2. The number of halogens is 3. The van der Waals surface area contributed by atoms with E-state index in [-0.39, 0.29) is 10.6 Å². The average molecular weight is 353 g/mol. The smallest absolute Gasteiger partial charge is 0.184 e. The zero-order chi connectivity index (χ0) is 14.7. The topological polar surface area (TPSA) is 40.9 Å². The molecule has 1 atom stereocenters. The predicted octanol–water partition coefficient (Wildman–Crippen LogP) is 4.73. The number of rotatable bonds is 3. The molecule has 0 aliphatic rings. The molecule has 0 fully saturated rings. The number of benzene rings is 2. The lowest BCUT2D eigenvalue weighted by Gasteiger charge is -2.10. The van der Waals surface area contributed by atoms with E-state index in [0.29, 0.717) is 5.56 Å². The van der Waals surface area contributed by atoms with Crippen molar-refractivity contribution >= 4 is 33.3 Å². The maximum Gasteiger partial charge on any atom is 0.184 e. The zero-order valence-corrected chi connectivity index (χ0v) is 12.5. The Balaban J connectivity index is 2.43. The van der Waals surface area contributed by atoms with Crippen LogP contribution in [0.1, 0.15) is 21.8 Å². The van der Waals surface area contributed by atoms with E-state index in [1.807, 2.05) is 6.07 Å². The third-order valence-corrected chi connectivity index (χ3v) is 3.63. The Bertz CT molecular complexity index is 694. The van der Waals surface area contributed by atoms with Crippen molar-refractivity contribution < 1.29 is 9.18 Å². The van der Waals surface area contributed by atoms with Gasteiger partial charge in [0.2, 0.25) is 0 Å². The summed E-state index contributed by atoms with van der Waals surface area (Å²) in [4.78, 5) is 12.3. The van der Waals surface area contributed by atoms with Crippen LogP contribution in [-0.4, -0.2) is 5.78 Å². The Hall–Kier alpha value is -1.70. The molecule has 0 aliphatic heterocycles. The van der Waals surface area contributed by atoms with E-state index in [1.165, 1.54) is 18.2 Å².